The molecule has 0 spiro atoms. The first kappa shape index (κ1) is 17.9. The van der Waals surface area contributed by atoms with Gasteiger partial charge in [-0.15, -0.1) is 0 Å². The number of pyridine rings is 1. The molecule has 0 amide bonds. The first-order valence-electron chi connectivity index (χ1n) is 11.3. The highest BCUT2D eigenvalue weighted by Crippen LogP contribution is 2.48. The molecule has 7 rings (SSSR count). The minimum Gasteiger partial charge on any atom is -0.247 e. The Hall–Kier alpha value is -3.71. The van der Waals surface area contributed by atoms with E-state index in [1.165, 1.54) is 76.3 Å². The zero-order chi connectivity index (χ0) is 21.7. The number of nitrogens with zero attached hydrogens (tertiary/aromatic N) is 1. The van der Waals surface area contributed by atoms with Crippen LogP contribution in [-0.4, -0.2) is 4.98 Å². The number of benzene rings is 6. The third kappa shape index (κ3) is 2.06. The first-order chi connectivity index (χ1) is 15.5. The van der Waals surface area contributed by atoms with Gasteiger partial charge in [0.2, 0.25) is 0 Å². The molecule has 0 aliphatic rings. The van der Waals surface area contributed by atoms with Crippen LogP contribution in [0, 0.1) is 27.7 Å². The van der Waals surface area contributed by atoms with E-state index in [1.54, 1.807) is 0 Å². The molecule has 0 aliphatic heterocycles. The predicted molar refractivity (Wildman–Crippen MR) is 139 cm³/mol. The van der Waals surface area contributed by atoms with E-state index in [2.05, 4.69) is 94.4 Å². The largest absolute Gasteiger partial charge is 0.247 e. The summed E-state index contributed by atoms with van der Waals surface area (Å²) >= 11 is 0. The maximum Gasteiger partial charge on any atom is 0.0788 e. The smallest absolute Gasteiger partial charge is 0.0788 e. The molecular weight excluding hydrogens is 386 g/mol. The van der Waals surface area contributed by atoms with Crippen molar-refractivity contribution in [3.05, 3.63) is 89.0 Å². The number of hydrogen-bond donors (Lipinski definition) is 0. The summed E-state index contributed by atoms with van der Waals surface area (Å²) in [5.74, 6) is 0. The lowest BCUT2D eigenvalue weighted by Gasteiger charge is -2.23. The van der Waals surface area contributed by atoms with E-state index in [-0.39, 0.29) is 0 Å². The number of aryl methyl sites for hydroxylation is 4. The SMILES string of the molecule is Cc1ccc2c3ccc(C)c4c(C)cc5c(-c6ccccc6)nc6cc(C)c1c2c6c5c43. The van der Waals surface area contributed by atoms with Gasteiger partial charge in [-0.05, 0) is 89.0 Å². The molecule has 0 saturated carbocycles. The highest BCUT2D eigenvalue weighted by molar-refractivity contribution is 6.41. The topological polar surface area (TPSA) is 12.9 Å². The molecule has 1 nitrogen and oxygen atoms in total. The van der Waals surface area contributed by atoms with E-state index in [1.807, 2.05) is 0 Å². The molecule has 0 radical (unpaired) electrons. The molecule has 7 aromatic rings. The Kier molecular flexibility index (Phi) is 3.33. The summed E-state index contributed by atoms with van der Waals surface area (Å²) in [6.45, 7) is 8.95. The molecule has 1 heteroatoms. The number of hydrogen-bond acceptors (Lipinski definition) is 1. The van der Waals surface area contributed by atoms with Gasteiger partial charge in [-0.1, -0.05) is 54.6 Å². The molecule has 32 heavy (non-hydrogen) atoms. The maximum absolute atomic E-state index is 5.31. The zero-order valence-corrected chi connectivity index (χ0v) is 18.8. The molecule has 1 heterocycles. The summed E-state index contributed by atoms with van der Waals surface area (Å²) in [5.41, 5.74) is 8.66. The highest BCUT2D eigenvalue weighted by atomic mass is 14.7. The van der Waals surface area contributed by atoms with Crippen molar-refractivity contribution in [1.29, 1.82) is 0 Å². The first-order valence-corrected chi connectivity index (χ1v) is 11.3. The fourth-order valence-electron chi connectivity index (χ4n) is 6.16. The highest BCUT2D eigenvalue weighted by Gasteiger charge is 2.23. The van der Waals surface area contributed by atoms with E-state index in [4.69, 9.17) is 4.98 Å². The minimum absolute atomic E-state index is 1.08. The van der Waals surface area contributed by atoms with Gasteiger partial charge in [0.25, 0.3) is 0 Å². The van der Waals surface area contributed by atoms with E-state index >= 15 is 0 Å². The summed E-state index contributed by atoms with van der Waals surface area (Å²) in [6, 6.07) is 24.5. The molecule has 6 aromatic carbocycles. The Morgan fingerprint density at radius 2 is 1.03 bits per heavy atom. The molecular formula is C31H23N. The molecule has 0 N–H and O–H groups in total. The Balaban J connectivity index is 1.91. The van der Waals surface area contributed by atoms with Crippen molar-refractivity contribution in [3.63, 3.8) is 0 Å². The number of aromatic nitrogens is 1. The lowest BCUT2D eigenvalue weighted by molar-refractivity contribution is 1.40. The van der Waals surface area contributed by atoms with E-state index in [0.29, 0.717) is 0 Å². The average molecular weight is 410 g/mol. The molecule has 0 saturated heterocycles. The molecule has 0 bridgehead atoms. The predicted octanol–water partition coefficient (Wildman–Crippen LogP) is 8.62. The third-order valence-corrected chi connectivity index (χ3v) is 7.43. The maximum atomic E-state index is 5.31. The van der Waals surface area contributed by atoms with Crippen molar-refractivity contribution >= 4 is 54.0 Å². The van der Waals surface area contributed by atoms with E-state index < -0.39 is 0 Å². The van der Waals surface area contributed by atoms with Crippen molar-refractivity contribution < 1.29 is 0 Å². The standard InChI is InChI=1S/C31H23N/c1-16-10-12-21-22-13-11-17(2)26-19(4)15-24-30(28(22)26)29-23(14-18(3)25(16)27(21)29)31(32-24)20-8-6-5-7-9-20/h5-15H,1-4H3. The van der Waals surface area contributed by atoms with Crippen LogP contribution in [0.25, 0.3) is 65.3 Å². The third-order valence-electron chi connectivity index (χ3n) is 7.43. The van der Waals surface area contributed by atoms with Crippen LogP contribution < -0.4 is 0 Å². The van der Waals surface area contributed by atoms with Gasteiger partial charge < -0.3 is 0 Å². The minimum atomic E-state index is 1.08. The van der Waals surface area contributed by atoms with Gasteiger partial charge >= 0.3 is 0 Å². The molecule has 0 atom stereocenters. The van der Waals surface area contributed by atoms with E-state index in [0.717, 1.165) is 11.2 Å². The van der Waals surface area contributed by atoms with Gasteiger partial charge in [0, 0.05) is 27.1 Å². The quantitative estimate of drug-likeness (QED) is 0.195. The summed E-state index contributed by atoms with van der Waals surface area (Å²) in [5, 5.41) is 12.2. The lowest BCUT2D eigenvalue weighted by Crippen LogP contribution is -1.99. The monoisotopic (exact) mass is 409 g/mol. The summed E-state index contributed by atoms with van der Waals surface area (Å²) in [4.78, 5) is 5.31. The van der Waals surface area contributed by atoms with Crippen molar-refractivity contribution in [2.24, 2.45) is 0 Å². The summed E-state index contributed by atoms with van der Waals surface area (Å²) < 4.78 is 0. The van der Waals surface area contributed by atoms with Gasteiger partial charge in [0.05, 0.1) is 11.2 Å². The van der Waals surface area contributed by atoms with Crippen molar-refractivity contribution in [2.75, 3.05) is 0 Å². The van der Waals surface area contributed by atoms with Crippen LogP contribution in [0.2, 0.25) is 0 Å². The normalized spacial score (nSPS) is 12.4. The van der Waals surface area contributed by atoms with E-state index in [9.17, 15) is 0 Å². The molecule has 0 unspecified atom stereocenters. The average Bonchev–Trinajstić information content (AvgIpc) is 2.79. The Bertz CT molecular complexity index is 1840. The summed E-state index contributed by atoms with van der Waals surface area (Å²) in [7, 11) is 0. The van der Waals surface area contributed by atoms with Crippen LogP contribution in [0.1, 0.15) is 22.3 Å². The van der Waals surface area contributed by atoms with Crippen LogP contribution in [0.5, 0.6) is 0 Å². The van der Waals surface area contributed by atoms with Gasteiger partial charge in [0.1, 0.15) is 0 Å². The number of rotatable bonds is 1. The second-order valence-corrected chi connectivity index (χ2v) is 9.39. The Morgan fingerprint density at radius 3 is 1.69 bits per heavy atom. The van der Waals surface area contributed by atoms with Gasteiger partial charge in [0.15, 0.2) is 0 Å². The van der Waals surface area contributed by atoms with Crippen LogP contribution in [-0.2, 0) is 0 Å². The van der Waals surface area contributed by atoms with Crippen molar-refractivity contribution in [3.8, 4) is 11.3 Å². The van der Waals surface area contributed by atoms with Gasteiger partial charge in [-0.2, -0.15) is 0 Å². The van der Waals surface area contributed by atoms with Crippen LogP contribution in [0.3, 0.4) is 0 Å². The fourth-order valence-corrected chi connectivity index (χ4v) is 6.16. The molecule has 1 aromatic heterocycles. The lowest BCUT2D eigenvalue weighted by atomic mass is 9.82. The molecule has 0 fully saturated rings. The second kappa shape index (κ2) is 5.95. The van der Waals surface area contributed by atoms with Crippen LogP contribution in [0.4, 0.5) is 0 Å². The van der Waals surface area contributed by atoms with Crippen molar-refractivity contribution in [1.82, 2.24) is 4.98 Å². The van der Waals surface area contributed by atoms with Gasteiger partial charge in [-0.25, -0.2) is 4.98 Å². The second-order valence-electron chi connectivity index (χ2n) is 9.39. The van der Waals surface area contributed by atoms with Crippen LogP contribution in [0.15, 0.2) is 66.7 Å². The fraction of sp³-hybridized carbons (Fsp3) is 0.129. The molecule has 152 valence electrons. The Morgan fingerprint density at radius 1 is 0.469 bits per heavy atom. The summed E-state index contributed by atoms with van der Waals surface area (Å²) in [6.07, 6.45) is 0. The Labute approximate surface area is 187 Å². The zero-order valence-electron chi connectivity index (χ0n) is 18.8. The van der Waals surface area contributed by atoms with Gasteiger partial charge in [-0.3, -0.25) is 0 Å². The van der Waals surface area contributed by atoms with Crippen molar-refractivity contribution in [2.45, 2.75) is 27.7 Å². The molecule has 0 aliphatic carbocycles. The number of fused-ring (bicyclic) bond motifs is 1. The van der Waals surface area contributed by atoms with Crippen LogP contribution >= 0.6 is 0 Å².